The number of carboxylic acid groups (broad SMARTS) is 1. The van der Waals surface area contributed by atoms with E-state index in [-0.39, 0.29) is 11.9 Å². The zero-order chi connectivity index (χ0) is 30.6. The number of aliphatic imine (C=N–C) groups is 1. The van der Waals surface area contributed by atoms with Gasteiger partial charge in [-0.3, -0.25) is 5.32 Å². The van der Waals surface area contributed by atoms with E-state index in [1.165, 1.54) is 0 Å². The number of rotatable bonds is 5. The fourth-order valence-electron chi connectivity index (χ4n) is 4.69. The Balaban J connectivity index is 1.31. The molecule has 12 nitrogen and oxygen atoms in total. The van der Waals surface area contributed by atoms with E-state index >= 15 is 0 Å². The summed E-state index contributed by atoms with van der Waals surface area (Å²) in [5.41, 5.74) is 1.52. The van der Waals surface area contributed by atoms with Crippen LogP contribution in [-0.4, -0.2) is 50.4 Å². The number of nitrogens with one attached hydrogen (secondary N) is 1. The van der Waals surface area contributed by atoms with Crippen LogP contribution in [0.1, 0.15) is 56.7 Å². The van der Waals surface area contributed by atoms with Crippen LogP contribution in [0.4, 0.5) is 9.59 Å². The minimum Gasteiger partial charge on any atom is -0.489 e. The van der Waals surface area contributed by atoms with Gasteiger partial charge < -0.3 is 24.0 Å². The summed E-state index contributed by atoms with van der Waals surface area (Å²) in [7, 11) is 0. The number of fused-ring (bicyclic) bond motifs is 1. The molecule has 0 aliphatic carbocycles. The highest BCUT2D eigenvalue weighted by Crippen LogP contribution is 2.33. The molecule has 0 spiro atoms. The molecule has 1 aliphatic rings. The topological polar surface area (TPSA) is 163 Å². The van der Waals surface area contributed by atoms with Crippen LogP contribution in [0.3, 0.4) is 0 Å². The lowest BCUT2D eigenvalue weighted by Crippen LogP contribution is -2.44. The number of hydrogen-bond acceptors (Lipinski definition) is 8. The Kier molecular flexibility index (Phi) is 8.25. The quantitative estimate of drug-likeness (QED) is 0.210. The molecular formula is C31H30N6O6. The van der Waals surface area contributed by atoms with Gasteiger partial charge in [-0.05, 0) is 80.3 Å². The molecule has 1 atom stereocenters. The second kappa shape index (κ2) is 12.2. The first-order valence-electron chi connectivity index (χ1n) is 13.7. The van der Waals surface area contributed by atoms with Crippen molar-refractivity contribution in [2.45, 2.75) is 51.9 Å². The minimum absolute atomic E-state index is 0.160. The molecule has 1 aromatic heterocycles. The predicted molar refractivity (Wildman–Crippen MR) is 156 cm³/mol. The maximum atomic E-state index is 12.4. The van der Waals surface area contributed by atoms with Crippen LogP contribution < -0.4 is 10.1 Å². The number of carbonyl (C=O) groups is 2. The summed E-state index contributed by atoms with van der Waals surface area (Å²) < 4.78 is 16.8. The Morgan fingerprint density at radius 1 is 1.14 bits per heavy atom. The lowest BCUT2D eigenvalue weighted by atomic mass is 10.1. The van der Waals surface area contributed by atoms with E-state index in [4.69, 9.17) is 19.3 Å². The van der Waals surface area contributed by atoms with Gasteiger partial charge in [0.1, 0.15) is 24.0 Å². The third kappa shape index (κ3) is 7.26. The van der Waals surface area contributed by atoms with Crippen molar-refractivity contribution < 1.29 is 28.7 Å². The zero-order valence-electron chi connectivity index (χ0n) is 23.9. The molecule has 3 aromatic carbocycles. The fourth-order valence-corrected chi connectivity index (χ4v) is 4.69. The zero-order valence-corrected chi connectivity index (χ0v) is 23.9. The minimum atomic E-state index is -1.36. The number of nitriles is 1. The molecule has 1 saturated heterocycles. The van der Waals surface area contributed by atoms with Crippen molar-refractivity contribution in [1.82, 2.24) is 20.4 Å². The van der Waals surface area contributed by atoms with E-state index in [0.717, 1.165) is 21.9 Å². The van der Waals surface area contributed by atoms with Crippen molar-refractivity contribution in [2.24, 2.45) is 4.99 Å². The predicted octanol–water partition coefficient (Wildman–Crippen LogP) is 6.04. The van der Waals surface area contributed by atoms with Gasteiger partial charge in [0, 0.05) is 12.1 Å². The molecule has 4 aromatic rings. The summed E-state index contributed by atoms with van der Waals surface area (Å²) in [4.78, 5) is 33.9. The van der Waals surface area contributed by atoms with Crippen LogP contribution in [0.25, 0.3) is 22.2 Å². The normalized spacial score (nSPS) is 15.3. The molecule has 1 fully saturated rings. The van der Waals surface area contributed by atoms with Crippen molar-refractivity contribution >= 4 is 28.9 Å². The molecule has 43 heavy (non-hydrogen) atoms. The lowest BCUT2D eigenvalue weighted by molar-refractivity contribution is 0.0600. The second-order valence-corrected chi connectivity index (χ2v) is 11.0. The van der Waals surface area contributed by atoms with Crippen LogP contribution in [-0.2, 0) is 11.3 Å². The molecule has 12 heteroatoms. The van der Waals surface area contributed by atoms with Crippen molar-refractivity contribution in [3.8, 4) is 23.2 Å². The Labute approximate surface area is 247 Å². The molecular weight excluding hydrogens is 552 g/mol. The number of carbonyl (C=O) groups excluding carboxylic acids is 1. The molecule has 1 unspecified atom stereocenters. The number of ether oxygens (including phenoxy) is 2. The summed E-state index contributed by atoms with van der Waals surface area (Å²) in [5.74, 6) is 1.21. The van der Waals surface area contributed by atoms with Gasteiger partial charge in [-0.25, -0.2) is 9.59 Å². The van der Waals surface area contributed by atoms with Gasteiger partial charge in [0.15, 0.2) is 0 Å². The standard InChI is InChI=1S/C31H30N6O6/c1-31(2,3)42-30(40)35-28(34-29(38)39)37-14-4-5-25(37)27-33-26(36-43-27)23-11-10-22-16-24(13-12-21(22)15-23)41-18-20-8-6-19(17-32)7-9-20/h6-13,15-16,25H,4-5,14,18H2,1-3H3,(H,38,39)(H,34,35,40). The van der Waals surface area contributed by atoms with Gasteiger partial charge in [0.05, 0.1) is 11.6 Å². The van der Waals surface area contributed by atoms with Crippen molar-refractivity contribution in [3.05, 3.63) is 77.7 Å². The van der Waals surface area contributed by atoms with Crippen molar-refractivity contribution in [3.63, 3.8) is 0 Å². The first-order valence-corrected chi connectivity index (χ1v) is 13.7. The van der Waals surface area contributed by atoms with E-state index in [0.29, 0.717) is 43.1 Å². The second-order valence-electron chi connectivity index (χ2n) is 11.0. The number of hydrogen-bond donors (Lipinski definition) is 2. The molecule has 5 rings (SSSR count). The SMILES string of the molecule is CC(C)(C)OC(=O)N=C(NC(=O)O)N1CCCC1c1nc(-c2ccc3cc(OCc4ccc(C#N)cc4)ccc3c2)no1. The molecule has 1 aliphatic heterocycles. The first kappa shape index (κ1) is 29.1. The van der Waals surface area contributed by atoms with E-state index < -0.39 is 23.8 Å². The Bertz CT molecular complexity index is 1720. The highest BCUT2D eigenvalue weighted by molar-refractivity contribution is 5.98. The number of nitrogens with zero attached hydrogens (tertiary/aromatic N) is 5. The van der Waals surface area contributed by atoms with Gasteiger partial charge in [0.2, 0.25) is 17.7 Å². The first-order chi connectivity index (χ1) is 20.6. The summed E-state index contributed by atoms with van der Waals surface area (Å²) in [6.45, 7) is 5.90. The molecule has 0 bridgehead atoms. The Morgan fingerprint density at radius 2 is 1.88 bits per heavy atom. The van der Waals surface area contributed by atoms with Crippen LogP contribution >= 0.6 is 0 Å². The smallest absolute Gasteiger partial charge is 0.437 e. The Hall–Kier alpha value is -5.44. The third-order valence-electron chi connectivity index (χ3n) is 6.62. The van der Waals surface area contributed by atoms with Crippen LogP contribution in [0.5, 0.6) is 5.75 Å². The number of aromatic nitrogens is 2. The van der Waals surface area contributed by atoms with Gasteiger partial charge in [-0.2, -0.15) is 10.2 Å². The van der Waals surface area contributed by atoms with Crippen molar-refractivity contribution in [2.75, 3.05) is 6.54 Å². The van der Waals surface area contributed by atoms with Crippen molar-refractivity contribution in [1.29, 1.82) is 5.26 Å². The molecule has 0 radical (unpaired) electrons. The van der Waals surface area contributed by atoms with E-state index in [2.05, 4.69) is 26.5 Å². The van der Waals surface area contributed by atoms with Crippen LogP contribution in [0.2, 0.25) is 0 Å². The average molecular weight is 583 g/mol. The fraction of sp³-hybridized carbons (Fsp3) is 0.290. The van der Waals surface area contributed by atoms with Crippen LogP contribution in [0.15, 0.2) is 70.2 Å². The lowest BCUT2D eigenvalue weighted by Gasteiger charge is -2.25. The molecule has 2 N–H and O–H groups in total. The van der Waals surface area contributed by atoms with E-state index in [1.54, 1.807) is 37.8 Å². The monoisotopic (exact) mass is 582 g/mol. The van der Waals surface area contributed by atoms with Gasteiger partial charge in [-0.15, -0.1) is 4.99 Å². The molecule has 2 heterocycles. The van der Waals surface area contributed by atoms with Gasteiger partial charge >= 0.3 is 12.2 Å². The summed E-state index contributed by atoms with van der Waals surface area (Å²) in [6, 6.07) is 20.4. The highest BCUT2D eigenvalue weighted by atomic mass is 16.6. The van der Waals surface area contributed by atoms with Crippen LogP contribution in [0, 0.1) is 11.3 Å². The van der Waals surface area contributed by atoms with E-state index in [1.807, 2.05) is 48.5 Å². The van der Waals surface area contributed by atoms with E-state index in [9.17, 15) is 14.7 Å². The molecule has 2 amide bonds. The summed E-state index contributed by atoms with van der Waals surface area (Å²) >= 11 is 0. The number of likely N-dealkylation sites (tertiary alicyclic amines) is 1. The largest absolute Gasteiger partial charge is 0.489 e. The maximum Gasteiger partial charge on any atom is 0.437 e. The van der Waals surface area contributed by atoms with Gasteiger partial charge in [0.25, 0.3) is 0 Å². The number of benzene rings is 3. The third-order valence-corrected chi connectivity index (χ3v) is 6.62. The maximum absolute atomic E-state index is 12.4. The highest BCUT2D eigenvalue weighted by Gasteiger charge is 2.35. The number of guanidine groups is 1. The summed E-state index contributed by atoms with van der Waals surface area (Å²) in [5, 5.41) is 26.6. The molecule has 220 valence electrons. The average Bonchev–Trinajstić information content (AvgIpc) is 3.65. The molecule has 0 saturated carbocycles. The Morgan fingerprint density at radius 3 is 2.60 bits per heavy atom. The van der Waals surface area contributed by atoms with Gasteiger partial charge in [-0.1, -0.05) is 35.5 Å². The number of amides is 2. The summed E-state index contributed by atoms with van der Waals surface area (Å²) in [6.07, 6.45) is -0.979.